The Kier molecular flexibility index (Phi) is 3.72. The van der Waals surface area contributed by atoms with Crippen molar-refractivity contribution in [1.29, 1.82) is 0 Å². The van der Waals surface area contributed by atoms with Crippen molar-refractivity contribution in [1.82, 2.24) is 0 Å². The zero-order chi connectivity index (χ0) is 12.3. The van der Waals surface area contributed by atoms with E-state index in [1.165, 1.54) is 12.1 Å². The topological polar surface area (TPSA) is 71.4 Å². The largest absolute Gasteiger partial charge is 0.478 e. The average molecular weight is 261 g/mol. The normalized spacial score (nSPS) is 11.9. The Balaban J connectivity index is 3.23. The fraction of sp³-hybridized carbons (Fsp3) is 0.100. The van der Waals surface area contributed by atoms with Crippen LogP contribution in [0, 0.1) is 6.92 Å². The van der Waals surface area contributed by atoms with Crippen molar-refractivity contribution in [3.05, 3.63) is 35.4 Å². The lowest BCUT2D eigenvalue weighted by Gasteiger charge is -2.02. The molecule has 1 aromatic rings. The second-order valence-corrected chi connectivity index (χ2v) is 5.67. The van der Waals surface area contributed by atoms with Crippen LogP contribution in [0.15, 0.2) is 29.2 Å². The summed E-state index contributed by atoms with van der Waals surface area (Å²) in [6.45, 7) is 1.61. The molecule has 0 bridgehead atoms. The molecule has 86 valence electrons. The molecule has 0 aliphatic carbocycles. The van der Waals surface area contributed by atoms with Crippen molar-refractivity contribution in [2.24, 2.45) is 0 Å². The van der Waals surface area contributed by atoms with Crippen LogP contribution in [0.4, 0.5) is 0 Å². The van der Waals surface area contributed by atoms with Crippen LogP contribution in [0.25, 0.3) is 6.08 Å². The van der Waals surface area contributed by atoms with Crippen LogP contribution < -0.4 is 0 Å². The lowest BCUT2D eigenvalue weighted by Crippen LogP contribution is -1.95. The maximum Gasteiger partial charge on any atom is 0.328 e. The van der Waals surface area contributed by atoms with Gasteiger partial charge in [0.05, 0.1) is 4.90 Å². The maximum atomic E-state index is 11.2. The summed E-state index contributed by atoms with van der Waals surface area (Å²) in [5.41, 5.74) is 0.981. The molecule has 0 fully saturated rings. The number of carbonyl (C=O) groups is 1. The third-order valence-electron chi connectivity index (χ3n) is 1.89. The minimum absolute atomic E-state index is 0.0123. The lowest BCUT2D eigenvalue weighted by atomic mass is 10.1. The van der Waals surface area contributed by atoms with E-state index in [2.05, 4.69) is 0 Å². The Hall–Kier alpha value is -1.33. The van der Waals surface area contributed by atoms with Crippen molar-refractivity contribution in [3.63, 3.8) is 0 Å². The zero-order valence-electron chi connectivity index (χ0n) is 8.34. The highest BCUT2D eigenvalue weighted by Gasteiger charge is 2.13. The molecular formula is C10H9ClO4S. The van der Waals surface area contributed by atoms with Gasteiger partial charge in [-0.05, 0) is 30.2 Å². The van der Waals surface area contributed by atoms with E-state index in [1.54, 1.807) is 19.1 Å². The zero-order valence-corrected chi connectivity index (χ0v) is 9.92. The molecule has 0 aliphatic rings. The average Bonchev–Trinajstić information content (AvgIpc) is 2.14. The van der Waals surface area contributed by atoms with Crippen LogP contribution >= 0.6 is 10.7 Å². The number of aliphatic carboxylic acids is 1. The molecule has 0 unspecified atom stereocenters. The molecule has 0 saturated heterocycles. The summed E-state index contributed by atoms with van der Waals surface area (Å²) in [5, 5.41) is 8.43. The summed E-state index contributed by atoms with van der Waals surface area (Å²) in [5.74, 6) is -1.10. The molecule has 0 radical (unpaired) electrons. The van der Waals surface area contributed by atoms with E-state index >= 15 is 0 Å². The van der Waals surface area contributed by atoms with Crippen LogP contribution in [-0.4, -0.2) is 19.5 Å². The molecule has 1 rings (SSSR count). The van der Waals surface area contributed by atoms with Crippen LogP contribution in [-0.2, 0) is 13.8 Å². The van der Waals surface area contributed by atoms with Gasteiger partial charge in [0.1, 0.15) is 0 Å². The lowest BCUT2D eigenvalue weighted by molar-refractivity contribution is -0.131. The summed E-state index contributed by atoms with van der Waals surface area (Å²) in [4.78, 5) is 10.3. The highest BCUT2D eigenvalue weighted by atomic mass is 35.7. The van der Waals surface area contributed by atoms with E-state index in [0.29, 0.717) is 11.1 Å². The molecule has 1 N–H and O–H groups in total. The highest BCUT2D eigenvalue weighted by molar-refractivity contribution is 8.13. The van der Waals surface area contributed by atoms with E-state index in [9.17, 15) is 13.2 Å². The van der Waals surface area contributed by atoms with E-state index in [-0.39, 0.29) is 4.90 Å². The molecule has 0 amide bonds. The Morgan fingerprint density at radius 2 is 2.06 bits per heavy atom. The SMILES string of the molecule is Cc1ccc(/C=C\C(=O)O)cc1S(=O)(=O)Cl. The third kappa shape index (κ3) is 3.36. The van der Waals surface area contributed by atoms with Gasteiger partial charge in [0.2, 0.25) is 0 Å². The van der Waals surface area contributed by atoms with Crippen LogP contribution in [0.5, 0.6) is 0 Å². The van der Waals surface area contributed by atoms with Gasteiger partial charge in [0, 0.05) is 16.8 Å². The molecular weight excluding hydrogens is 252 g/mol. The van der Waals surface area contributed by atoms with Crippen molar-refractivity contribution >= 4 is 31.8 Å². The minimum Gasteiger partial charge on any atom is -0.478 e. The molecule has 6 heteroatoms. The molecule has 16 heavy (non-hydrogen) atoms. The second-order valence-electron chi connectivity index (χ2n) is 3.13. The number of aryl methyl sites for hydroxylation is 1. The van der Waals surface area contributed by atoms with Crippen molar-refractivity contribution in [2.75, 3.05) is 0 Å². The first-order valence-electron chi connectivity index (χ1n) is 4.27. The van der Waals surface area contributed by atoms with E-state index in [4.69, 9.17) is 15.8 Å². The standard InChI is InChI=1S/C10H9ClO4S/c1-7-2-3-8(4-5-10(12)13)6-9(7)16(11,14)15/h2-6H,1H3,(H,12,13)/b5-4-. The van der Waals surface area contributed by atoms with Gasteiger partial charge in [-0.15, -0.1) is 0 Å². The van der Waals surface area contributed by atoms with Crippen molar-refractivity contribution in [3.8, 4) is 0 Å². The predicted molar refractivity (Wildman–Crippen MR) is 60.9 cm³/mol. The number of carboxylic acids is 1. The van der Waals surface area contributed by atoms with Gasteiger partial charge in [-0.2, -0.15) is 0 Å². The number of carboxylic acid groups (broad SMARTS) is 1. The fourth-order valence-electron chi connectivity index (χ4n) is 1.15. The third-order valence-corrected chi connectivity index (χ3v) is 3.36. The van der Waals surface area contributed by atoms with Gasteiger partial charge < -0.3 is 5.11 Å². The monoisotopic (exact) mass is 260 g/mol. The Labute approximate surface area is 97.6 Å². The maximum absolute atomic E-state index is 11.2. The van der Waals surface area contributed by atoms with Gasteiger partial charge in [-0.3, -0.25) is 0 Å². The summed E-state index contributed by atoms with van der Waals surface area (Å²) in [6.07, 6.45) is 2.22. The first kappa shape index (κ1) is 12.7. The molecule has 4 nitrogen and oxygen atoms in total. The van der Waals surface area contributed by atoms with Gasteiger partial charge in [-0.1, -0.05) is 12.1 Å². The molecule has 0 saturated carbocycles. The molecule has 0 atom stereocenters. The summed E-state index contributed by atoms with van der Waals surface area (Å²) < 4.78 is 22.3. The Bertz CT molecular complexity index is 546. The highest BCUT2D eigenvalue weighted by Crippen LogP contribution is 2.21. The summed E-state index contributed by atoms with van der Waals surface area (Å²) in [6, 6.07) is 4.51. The van der Waals surface area contributed by atoms with Crippen LogP contribution in [0.1, 0.15) is 11.1 Å². The fourth-order valence-corrected chi connectivity index (χ4v) is 2.38. The molecule has 0 heterocycles. The molecule has 0 aromatic heterocycles. The van der Waals surface area contributed by atoms with Gasteiger partial charge in [0.25, 0.3) is 9.05 Å². The minimum atomic E-state index is -3.80. The van der Waals surface area contributed by atoms with Crippen molar-refractivity contribution < 1.29 is 18.3 Å². The predicted octanol–water partition coefficient (Wildman–Crippen LogP) is 2.02. The van der Waals surface area contributed by atoms with Crippen LogP contribution in [0.3, 0.4) is 0 Å². The Morgan fingerprint density at radius 3 is 2.56 bits per heavy atom. The number of rotatable bonds is 3. The number of benzene rings is 1. The number of hydrogen-bond acceptors (Lipinski definition) is 3. The van der Waals surface area contributed by atoms with E-state index < -0.39 is 15.0 Å². The summed E-state index contributed by atoms with van der Waals surface area (Å²) >= 11 is 0. The van der Waals surface area contributed by atoms with E-state index in [1.807, 2.05) is 0 Å². The molecule has 0 spiro atoms. The van der Waals surface area contributed by atoms with Gasteiger partial charge in [-0.25, -0.2) is 13.2 Å². The summed E-state index contributed by atoms with van der Waals surface area (Å²) in [7, 11) is 1.43. The molecule has 0 aliphatic heterocycles. The smallest absolute Gasteiger partial charge is 0.328 e. The quantitative estimate of drug-likeness (QED) is 0.667. The first-order valence-corrected chi connectivity index (χ1v) is 6.58. The second kappa shape index (κ2) is 4.67. The number of hydrogen-bond donors (Lipinski definition) is 1. The van der Waals surface area contributed by atoms with Crippen LogP contribution in [0.2, 0.25) is 0 Å². The van der Waals surface area contributed by atoms with Gasteiger partial charge >= 0.3 is 5.97 Å². The molecule has 1 aromatic carbocycles. The van der Waals surface area contributed by atoms with Gasteiger partial charge in [0.15, 0.2) is 0 Å². The number of halogens is 1. The Morgan fingerprint density at radius 1 is 1.44 bits per heavy atom. The first-order chi connectivity index (χ1) is 7.30. The van der Waals surface area contributed by atoms with E-state index in [0.717, 1.165) is 6.08 Å². The van der Waals surface area contributed by atoms with Crippen molar-refractivity contribution in [2.45, 2.75) is 11.8 Å².